The molecule has 1 fully saturated rings. The third kappa shape index (κ3) is 5.30. The second kappa shape index (κ2) is 8.99. The van der Waals surface area contributed by atoms with Crippen molar-refractivity contribution in [2.24, 2.45) is 0 Å². The Morgan fingerprint density at radius 3 is 2.61 bits per heavy atom. The van der Waals surface area contributed by atoms with E-state index in [1.807, 2.05) is 36.4 Å². The van der Waals surface area contributed by atoms with Crippen LogP contribution in [0.5, 0.6) is 0 Å². The summed E-state index contributed by atoms with van der Waals surface area (Å²) in [4.78, 5) is 36.8. The highest BCUT2D eigenvalue weighted by atomic mass is 16.2. The second-order valence-electron chi connectivity index (χ2n) is 6.67. The molecule has 0 aliphatic carbocycles. The first kappa shape index (κ1) is 19.4. The van der Waals surface area contributed by atoms with Gasteiger partial charge in [-0.15, -0.1) is 0 Å². The first-order valence-electron chi connectivity index (χ1n) is 9.24. The predicted molar refractivity (Wildman–Crippen MR) is 110 cm³/mol. The van der Waals surface area contributed by atoms with E-state index in [4.69, 9.17) is 0 Å². The Bertz CT molecular complexity index is 903. The number of nitrogens with one attached hydrogen (secondary N) is 2. The van der Waals surface area contributed by atoms with Crippen molar-refractivity contribution in [1.82, 2.24) is 5.32 Å². The molecule has 28 heavy (non-hydrogen) atoms. The van der Waals surface area contributed by atoms with Crippen LogP contribution in [0.3, 0.4) is 0 Å². The average molecular weight is 377 g/mol. The molecule has 1 aliphatic rings. The number of nitrogens with zero attached hydrogens (tertiary/aromatic N) is 1. The van der Waals surface area contributed by atoms with E-state index < -0.39 is 0 Å². The van der Waals surface area contributed by atoms with Gasteiger partial charge >= 0.3 is 0 Å². The smallest absolute Gasteiger partial charge is 0.244 e. The highest BCUT2D eigenvalue weighted by Gasteiger charge is 2.21. The third-order valence-corrected chi connectivity index (χ3v) is 4.42. The van der Waals surface area contributed by atoms with Crippen molar-refractivity contribution in [2.75, 3.05) is 16.8 Å². The van der Waals surface area contributed by atoms with Gasteiger partial charge in [-0.2, -0.15) is 0 Å². The number of hydrogen-bond donors (Lipinski definition) is 2. The molecule has 6 heteroatoms. The molecule has 3 rings (SSSR count). The van der Waals surface area contributed by atoms with Gasteiger partial charge in [-0.1, -0.05) is 24.3 Å². The Labute approximate surface area is 164 Å². The average Bonchev–Trinajstić information content (AvgIpc) is 3.11. The Morgan fingerprint density at radius 1 is 1.14 bits per heavy atom. The second-order valence-corrected chi connectivity index (χ2v) is 6.67. The summed E-state index contributed by atoms with van der Waals surface area (Å²) in [6.45, 7) is 2.59. The van der Waals surface area contributed by atoms with E-state index in [0.717, 1.165) is 29.8 Å². The van der Waals surface area contributed by atoms with Gasteiger partial charge in [0.2, 0.25) is 17.7 Å². The molecule has 0 atom stereocenters. The Hall–Kier alpha value is -3.41. The molecule has 1 heterocycles. The SMILES string of the molecule is CC(=O)Nc1ccc(/C=C/C(=O)NCc2cccc(N3CCCC3=O)c2)cc1. The van der Waals surface area contributed by atoms with Gasteiger partial charge in [-0.05, 0) is 47.9 Å². The maximum absolute atomic E-state index is 12.1. The standard InChI is InChI=1S/C22H23N3O3/c1-16(26)24-19-10-7-17(8-11-19)9-12-21(27)23-15-18-4-2-5-20(14-18)25-13-3-6-22(25)28/h2,4-5,7-12,14H,3,6,13,15H2,1H3,(H,23,27)(H,24,26)/b12-9+. The van der Waals surface area contributed by atoms with E-state index in [1.54, 1.807) is 23.1 Å². The van der Waals surface area contributed by atoms with E-state index >= 15 is 0 Å². The molecular formula is C22H23N3O3. The van der Waals surface area contributed by atoms with Crippen LogP contribution in [0.2, 0.25) is 0 Å². The van der Waals surface area contributed by atoms with E-state index in [0.29, 0.717) is 18.7 Å². The molecule has 2 aromatic rings. The van der Waals surface area contributed by atoms with Crippen LogP contribution < -0.4 is 15.5 Å². The lowest BCUT2D eigenvalue weighted by Crippen LogP contribution is -2.24. The normalized spacial score (nSPS) is 13.8. The molecule has 6 nitrogen and oxygen atoms in total. The lowest BCUT2D eigenvalue weighted by atomic mass is 10.1. The molecule has 0 bridgehead atoms. The number of rotatable bonds is 6. The maximum atomic E-state index is 12.1. The summed E-state index contributed by atoms with van der Waals surface area (Å²) >= 11 is 0. The lowest BCUT2D eigenvalue weighted by molar-refractivity contribution is -0.117. The van der Waals surface area contributed by atoms with Crippen molar-refractivity contribution >= 4 is 35.2 Å². The minimum absolute atomic E-state index is 0.124. The van der Waals surface area contributed by atoms with Crippen LogP contribution in [0, 0.1) is 0 Å². The topological polar surface area (TPSA) is 78.5 Å². The molecule has 0 spiro atoms. The highest BCUT2D eigenvalue weighted by Crippen LogP contribution is 2.22. The van der Waals surface area contributed by atoms with Gasteiger partial charge in [0.15, 0.2) is 0 Å². The van der Waals surface area contributed by atoms with Crippen LogP contribution in [0.25, 0.3) is 6.08 Å². The fraction of sp³-hybridized carbons (Fsp3) is 0.227. The van der Waals surface area contributed by atoms with Crippen LogP contribution in [0.1, 0.15) is 30.9 Å². The molecule has 0 radical (unpaired) electrons. The van der Waals surface area contributed by atoms with Crippen LogP contribution in [0.15, 0.2) is 54.6 Å². The molecule has 0 aromatic heterocycles. The summed E-state index contributed by atoms with van der Waals surface area (Å²) < 4.78 is 0. The predicted octanol–water partition coefficient (Wildman–Crippen LogP) is 3.10. The molecule has 0 unspecified atom stereocenters. The Kier molecular flexibility index (Phi) is 6.22. The highest BCUT2D eigenvalue weighted by molar-refractivity contribution is 5.95. The zero-order valence-corrected chi connectivity index (χ0v) is 15.8. The van der Waals surface area contributed by atoms with Crippen molar-refractivity contribution in [3.63, 3.8) is 0 Å². The molecular weight excluding hydrogens is 354 g/mol. The molecule has 1 aliphatic heterocycles. The van der Waals surface area contributed by atoms with E-state index in [9.17, 15) is 14.4 Å². The van der Waals surface area contributed by atoms with Crippen LogP contribution >= 0.6 is 0 Å². The van der Waals surface area contributed by atoms with E-state index in [2.05, 4.69) is 10.6 Å². The van der Waals surface area contributed by atoms with Gasteiger partial charge in [0.25, 0.3) is 0 Å². The molecule has 0 saturated carbocycles. The number of carbonyl (C=O) groups is 3. The monoisotopic (exact) mass is 377 g/mol. The number of carbonyl (C=O) groups excluding carboxylic acids is 3. The van der Waals surface area contributed by atoms with Crippen molar-refractivity contribution < 1.29 is 14.4 Å². The summed E-state index contributed by atoms with van der Waals surface area (Å²) in [6.07, 6.45) is 4.67. The third-order valence-electron chi connectivity index (χ3n) is 4.42. The summed E-state index contributed by atoms with van der Waals surface area (Å²) in [7, 11) is 0. The Morgan fingerprint density at radius 2 is 1.93 bits per heavy atom. The van der Waals surface area contributed by atoms with Crippen molar-refractivity contribution in [1.29, 1.82) is 0 Å². The minimum atomic E-state index is -0.200. The van der Waals surface area contributed by atoms with Gasteiger partial charge in [0.1, 0.15) is 0 Å². The van der Waals surface area contributed by atoms with Gasteiger partial charge in [-0.3, -0.25) is 14.4 Å². The number of hydrogen-bond acceptors (Lipinski definition) is 3. The maximum Gasteiger partial charge on any atom is 0.244 e. The zero-order chi connectivity index (χ0) is 19.9. The molecule has 1 saturated heterocycles. The summed E-state index contributed by atoms with van der Waals surface area (Å²) in [6, 6.07) is 14.9. The van der Waals surface area contributed by atoms with E-state index in [1.165, 1.54) is 13.0 Å². The largest absolute Gasteiger partial charge is 0.348 e. The van der Waals surface area contributed by atoms with Gasteiger partial charge < -0.3 is 15.5 Å². The van der Waals surface area contributed by atoms with Crippen LogP contribution in [0.4, 0.5) is 11.4 Å². The van der Waals surface area contributed by atoms with Crippen molar-refractivity contribution in [3.8, 4) is 0 Å². The molecule has 3 amide bonds. The van der Waals surface area contributed by atoms with Gasteiger partial charge in [0, 0.05) is 43.9 Å². The molecule has 2 N–H and O–H groups in total. The van der Waals surface area contributed by atoms with Crippen LogP contribution in [-0.2, 0) is 20.9 Å². The summed E-state index contributed by atoms with van der Waals surface area (Å²) in [5.41, 5.74) is 3.40. The van der Waals surface area contributed by atoms with Crippen molar-refractivity contribution in [2.45, 2.75) is 26.3 Å². The number of amides is 3. The fourth-order valence-electron chi connectivity index (χ4n) is 3.06. The van der Waals surface area contributed by atoms with Crippen molar-refractivity contribution in [3.05, 3.63) is 65.7 Å². The fourth-order valence-corrected chi connectivity index (χ4v) is 3.06. The molecule has 144 valence electrons. The van der Waals surface area contributed by atoms with Gasteiger partial charge in [0.05, 0.1) is 0 Å². The molecule has 2 aromatic carbocycles. The summed E-state index contributed by atoms with van der Waals surface area (Å²) in [5, 5.41) is 5.55. The number of benzene rings is 2. The zero-order valence-electron chi connectivity index (χ0n) is 15.8. The first-order valence-corrected chi connectivity index (χ1v) is 9.24. The lowest BCUT2D eigenvalue weighted by Gasteiger charge is -2.16. The van der Waals surface area contributed by atoms with Crippen LogP contribution in [-0.4, -0.2) is 24.3 Å². The first-order chi connectivity index (χ1) is 13.5. The van der Waals surface area contributed by atoms with Gasteiger partial charge in [-0.25, -0.2) is 0 Å². The summed E-state index contributed by atoms with van der Waals surface area (Å²) in [5.74, 6) is -0.178. The minimum Gasteiger partial charge on any atom is -0.348 e. The quantitative estimate of drug-likeness (QED) is 0.760. The Balaban J connectivity index is 1.53. The van der Waals surface area contributed by atoms with E-state index in [-0.39, 0.29) is 17.7 Å². The number of anilines is 2.